The summed E-state index contributed by atoms with van der Waals surface area (Å²) >= 11 is 5.81. The van der Waals surface area contributed by atoms with Crippen molar-refractivity contribution in [3.05, 3.63) is 64.6 Å². The average molecular weight is 290 g/mol. The molecule has 0 aliphatic rings. The molecule has 0 amide bonds. The SMILES string of the molecule is NCc1nn(Cc2ccc(F)c(Cl)c2)c2ccccc12. The summed E-state index contributed by atoms with van der Waals surface area (Å²) in [6.07, 6.45) is 0. The van der Waals surface area contributed by atoms with Crippen LogP contribution in [0.15, 0.2) is 42.5 Å². The van der Waals surface area contributed by atoms with Crippen molar-refractivity contribution in [3.63, 3.8) is 0 Å². The number of hydrogen-bond acceptors (Lipinski definition) is 2. The van der Waals surface area contributed by atoms with Crippen LogP contribution in [0.2, 0.25) is 5.02 Å². The molecule has 0 radical (unpaired) electrons. The molecule has 0 fully saturated rings. The number of aromatic nitrogens is 2. The van der Waals surface area contributed by atoms with Gasteiger partial charge in [0.05, 0.1) is 22.8 Å². The quantitative estimate of drug-likeness (QED) is 0.804. The second-order valence-corrected chi connectivity index (χ2v) is 4.98. The van der Waals surface area contributed by atoms with Gasteiger partial charge in [-0.1, -0.05) is 35.9 Å². The van der Waals surface area contributed by atoms with Gasteiger partial charge in [0.2, 0.25) is 0 Å². The van der Waals surface area contributed by atoms with E-state index in [-0.39, 0.29) is 5.02 Å². The Kier molecular flexibility index (Phi) is 3.42. The maximum absolute atomic E-state index is 13.2. The largest absolute Gasteiger partial charge is 0.325 e. The van der Waals surface area contributed by atoms with E-state index >= 15 is 0 Å². The molecule has 0 aliphatic heterocycles. The number of nitrogens with zero attached hydrogens (tertiary/aromatic N) is 2. The molecule has 1 heterocycles. The number of para-hydroxylation sites is 1. The van der Waals surface area contributed by atoms with Gasteiger partial charge in [0.1, 0.15) is 5.82 Å². The Morgan fingerprint density at radius 3 is 2.75 bits per heavy atom. The van der Waals surface area contributed by atoms with Gasteiger partial charge in [-0.2, -0.15) is 5.10 Å². The molecule has 2 aromatic carbocycles. The van der Waals surface area contributed by atoms with Gasteiger partial charge < -0.3 is 5.73 Å². The van der Waals surface area contributed by atoms with Crippen LogP contribution in [0.3, 0.4) is 0 Å². The summed E-state index contributed by atoms with van der Waals surface area (Å²) in [7, 11) is 0. The third-order valence-electron chi connectivity index (χ3n) is 3.24. The van der Waals surface area contributed by atoms with Crippen molar-refractivity contribution in [2.75, 3.05) is 0 Å². The predicted molar refractivity (Wildman–Crippen MR) is 78.1 cm³/mol. The van der Waals surface area contributed by atoms with Crippen LogP contribution < -0.4 is 5.73 Å². The number of hydrogen-bond donors (Lipinski definition) is 1. The van der Waals surface area contributed by atoms with Crippen molar-refractivity contribution in [1.29, 1.82) is 0 Å². The first kappa shape index (κ1) is 13.1. The van der Waals surface area contributed by atoms with Gasteiger partial charge in [-0.25, -0.2) is 4.39 Å². The summed E-state index contributed by atoms with van der Waals surface area (Å²) in [6, 6.07) is 12.6. The molecule has 0 unspecified atom stereocenters. The van der Waals surface area contributed by atoms with Crippen LogP contribution in [0.1, 0.15) is 11.3 Å². The minimum Gasteiger partial charge on any atom is -0.325 e. The Labute approximate surface area is 120 Å². The van der Waals surface area contributed by atoms with Crippen molar-refractivity contribution in [2.45, 2.75) is 13.1 Å². The van der Waals surface area contributed by atoms with E-state index in [4.69, 9.17) is 17.3 Å². The fraction of sp³-hybridized carbons (Fsp3) is 0.133. The topological polar surface area (TPSA) is 43.8 Å². The number of fused-ring (bicyclic) bond motifs is 1. The summed E-state index contributed by atoms with van der Waals surface area (Å²) < 4.78 is 15.0. The van der Waals surface area contributed by atoms with Gasteiger partial charge in [-0.15, -0.1) is 0 Å². The molecule has 20 heavy (non-hydrogen) atoms. The molecule has 3 rings (SSSR count). The Balaban J connectivity index is 2.04. The predicted octanol–water partition coefficient (Wildman–Crippen LogP) is 3.34. The monoisotopic (exact) mass is 289 g/mol. The molecular weight excluding hydrogens is 277 g/mol. The van der Waals surface area contributed by atoms with Crippen LogP contribution in [-0.4, -0.2) is 9.78 Å². The lowest BCUT2D eigenvalue weighted by Gasteiger charge is -2.05. The van der Waals surface area contributed by atoms with Gasteiger partial charge in [0.15, 0.2) is 0 Å². The first-order valence-corrected chi connectivity index (χ1v) is 6.65. The molecule has 0 saturated heterocycles. The van der Waals surface area contributed by atoms with Crippen molar-refractivity contribution >= 4 is 22.5 Å². The average Bonchev–Trinajstić information content (AvgIpc) is 2.81. The summed E-state index contributed by atoms with van der Waals surface area (Å²) in [5.41, 5.74) is 8.48. The van der Waals surface area contributed by atoms with Gasteiger partial charge in [-0.3, -0.25) is 4.68 Å². The van der Waals surface area contributed by atoms with E-state index in [0.29, 0.717) is 13.1 Å². The molecule has 0 spiro atoms. The molecule has 3 aromatic rings. The van der Waals surface area contributed by atoms with E-state index in [1.807, 2.05) is 28.9 Å². The molecule has 0 bridgehead atoms. The number of rotatable bonds is 3. The molecule has 5 heteroatoms. The molecule has 102 valence electrons. The maximum Gasteiger partial charge on any atom is 0.141 e. The Morgan fingerprint density at radius 1 is 1.20 bits per heavy atom. The smallest absolute Gasteiger partial charge is 0.141 e. The Bertz CT molecular complexity index is 767. The molecule has 0 aliphatic carbocycles. The van der Waals surface area contributed by atoms with Crippen molar-refractivity contribution in [3.8, 4) is 0 Å². The lowest BCUT2D eigenvalue weighted by molar-refractivity contribution is 0.625. The summed E-state index contributed by atoms with van der Waals surface area (Å²) in [5.74, 6) is -0.414. The number of halogens is 2. The maximum atomic E-state index is 13.2. The first-order chi connectivity index (χ1) is 9.69. The van der Waals surface area contributed by atoms with Gasteiger partial charge in [-0.05, 0) is 23.8 Å². The second kappa shape index (κ2) is 5.23. The zero-order valence-electron chi connectivity index (χ0n) is 10.7. The lowest BCUT2D eigenvalue weighted by Crippen LogP contribution is -2.04. The van der Waals surface area contributed by atoms with E-state index < -0.39 is 5.82 Å². The third kappa shape index (κ3) is 2.28. The Hall–Kier alpha value is -1.91. The van der Waals surface area contributed by atoms with Crippen LogP contribution in [0.5, 0.6) is 0 Å². The number of benzene rings is 2. The highest BCUT2D eigenvalue weighted by Crippen LogP contribution is 2.21. The lowest BCUT2D eigenvalue weighted by atomic mass is 10.2. The molecule has 3 nitrogen and oxygen atoms in total. The summed E-state index contributed by atoms with van der Waals surface area (Å²) in [4.78, 5) is 0. The minimum atomic E-state index is -0.414. The van der Waals surface area contributed by atoms with E-state index in [9.17, 15) is 4.39 Å². The summed E-state index contributed by atoms with van der Waals surface area (Å²) in [6.45, 7) is 0.915. The van der Waals surface area contributed by atoms with Crippen LogP contribution in [0, 0.1) is 5.82 Å². The normalized spacial score (nSPS) is 11.2. The fourth-order valence-electron chi connectivity index (χ4n) is 2.28. The van der Waals surface area contributed by atoms with E-state index in [2.05, 4.69) is 5.10 Å². The van der Waals surface area contributed by atoms with Crippen LogP contribution in [0.25, 0.3) is 10.9 Å². The molecular formula is C15H13ClFN3. The van der Waals surface area contributed by atoms with E-state index in [1.165, 1.54) is 6.07 Å². The Morgan fingerprint density at radius 2 is 2.00 bits per heavy atom. The van der Waals surface area contributed by atoms with E-state index in [1.54, 1.807) is 12.1 Å². The highest BCUT2D eigenvalue weighted by Gasteiger charge is 2.09. The van der Waals surface area contributed by atoms with Gasteiger partial charge >= 0.3 is 0 Å². The second-order valence-electron chi connectivity index (χ2n) is 4.57. The highest BCUT2D eigenvalue weighted by atomic mass is 35.5. The number of nitrogens with two attached hydrogens (primary N) is 1. The van der Waals surface area contributed by atoms with Crippen molar-refractivity contribution in [1.82, 2.24) is 9.78 Å². The van der Waals surface area contributed by atoms with Crippen molar-refractivity contribution in [2.24, 2.45) is 5.73 Å². The zero-order valence-corrected chi connectivity index (χ0v) is 11.4. The van der Waals surface area contributed by atoms with E-state index in [0.717, 1.165) is 22.2 Å². The van der Waals surface area contributed by atoms with Gasteiger partial charge in [0.25, 0.3) is 0 Å². The molecule has 0 saturated carbocycles. The van der Waals surface area contributed by atoms with Gasteiger partial charge in [0, 0.05) is 11.9 Å². The fourth-order valence-corrected chi connectivity index (χ4v) is 2.48. The first-order valence-electron chi connectivity index (χ1n) is 6.27. The highest BCUT2D eigenvalue weighted by molar-refractivity contribution is 6.30. The zero-order chi connectivity index (χ0) is 14.1. The molecule has 1 aromatic heterocycles. The summed E-state index contributed by atoms with van der Waals surface area (Å²) in [5, 5.41) is 5.68. The molecule has 0 atom stereocenters. The van der Waals surface area contributed by atoms with Crippen LogP contribution in [0.4, 0.5) is 4.39 Å². The van der Waals surface area contributed by atoms with Crippen molar-refractivity contribution < 1.29 is 4.39 Å². The standard InChI is InChI=1S/C15H13ClFN3/c16-12-7-10(5-6-13(12)17)9-20-15-4-2-1-3-11(15)14(8-18)19-20/h1-7H,8-9,18H2. The minimum absolute atomic E-state index is 0.123. The third-order valence-corrected chi connectivity index (χ3v) is 3.53. The van der Waals surface area contributed by atoms with Crippen LogP contribution in [-0.2, 0) is 13.1 Å². The molecule has 2 N–H and O–H groups in total. The van der Waals surface area contributed by atoms with Crippen LogP contribution >= 0.6 is 11.6 Å².